The van der Waals surface area contributed by atoms with Gasteiger partial charge in [0, 0.05) is 11.5 Å². The van der Waals surface area contributed by atoms with E-state index in [0.717, 1.165) is 5.56 Å². The first-order valence-corrected chi connectivity index (χ1v) is 6.36. The number of hydrogen-bond acceptors (Lipinski definition) is 1. The fraction of sp³-hybridized carbons (Fsp3) is 0.235. The van der Waals surface area contributed by atoms with E-state index in [4.69, 9.17) is 0 Å². The predicted octanol–water partition coefficient (Wildman–Crippen LogP) is 4.43. The summed E-state index contributed by atoms with van der Waals surface area (Å²) in [6.45, 7) is 5.25. The Bertz CT molecular complexity index is 579. The van der Waals surface area contributed by atoms with Gasteiger partial charge in [0.2, 0.25) is 0 Å². The van der Waals surface area contributed by atoms with Crippen LogP contribution in [0.2, 0.25) is 0 Å². The summed E-state index contributed by atoms with van der Waals surface area (Å²) in [7, 11) is 0. The molecule has 1 unspecified atom stereocenters. The summed E-state index contributed by atoms with van der Waals surface area (Å²) < 4.78 is 13.6. The maximum absolute atomic E-state index is 13.6. The number of aryl methyl sites for hydroxylation is 2. The van der Waals surface area contributed by atoms with Crippen LogP contribution in [0, 0.1) is 19.7 Å². The van der Waals surface area contributed by atoms with Crippen molar-refractivity contribution in [3.63, 3.8) is 0 Å². The Balaban J connectivity index is 2.35. The number of carbonyl (C=O) groups excluding carboxylic acids is 1. The quantitative estimate of drug-likeness (QED) is 0.742. The number of rotatable bonds is 3. The molecule has 2 rings (SSSR count). The first-order valence-electron chi connectivity index (χ1n) is 6.36. The monoisotopic (exact) mass is 256 g/mol. The van der Waals surface area contributed by atoms with E-state index in [2.05, 4.69) is 0 Å². The molecule has 0 fully saturated rings. The van der Waals surface area contributed by atoms with Gasteiger partial charge in [-0.25, -0.2) is 4.39 Å². The summed E-state index contributed by atoms with van der Waals surface area (Å²) >= 11 is 0. The van der Waals surface area contributed by atoms with Gasteiger partial charge in [0.25, 0.3) is 0 Å². The zero-order chi connectivity index (χ0) is 14.0. The van der Waals surface area contributed by atoms with Gasteiger partial charge >= 0.3 is 0 Å². The molecule has 1 atom stereocenters. The van der Waals surface area contributed by atoms with Crippen LogP contribution in [-0.4, -0.2) is 5.78 Å². The van der Waals surface area contributed by atoms with Crippen LogP contribution in [0.1, 0.15) is 39.9 Å². The highest BCUT2D eigenvalue weighted by Gasteiger charge is 2.18. The van der Waals surface area contributed by atoms with Crippen molar-refractivity contribution in [1.29, 1.82) is 0 Å². The van der Waals surface area contributed by atoms with Crippen molar-refractivity contribution < 1.29 is 9.18 Å². The average molecular weight is 256 g/mol. The van der Waals surface area contributed by atoms with Gasteiger partial charge in [0.1, 0.15) is 5.82 Å². The molecule has 0 amide bonds. The van der Waals surface area contributed by atoms with E-state index in [-0.39, 0.29) is 17.5 Å². The molecule has 0 radical (unpaired) electrons. The van der Waals surface area contributed by atoms with E-state index in [1.807, 2.05) is 37.3 Å². The number of ketones is 1. The molecule has 1 nitrogen and oxygen atoms in total. The van der Waals surface area contributed by atoms with E-state index in [9.17, 15) is 9.18 Å². The van der Waals surface area contributed by atoms with Crippen LogP contribution in [0.25, 0.3) is 0 Å². The molecule has 0 aliphatic heterocycles. The molecular weight excluding hydrogens is 239 g/mol. The Morgan fingerprint density at radius 2 is 1.58 bits per heavy atom. The highest BCUT2D eigenvalue weighted by molar-refractivity contribution is 6.01. The second-order valence-electron chi connectivity index (χ2n) is 4.92. The standard InChI is InChI=1S/C17H17FO/c1-11-9-15(10-12(2)16(11)18)17(19)13(3)14-7-5-4-6-8-14/h4-10,13H,1-3H3. The number of halogens is 1. The van der Waals surface area contributed by atoms with Crippen LogP contribution < -0.4 is 0 Å². The first kappa shape index (κ1) is 13.5. The van der Waals surface area contributed by atoms with Crippen LogP contribution in [0.5, 0.6) is 0 Å². The van der Waals surface area contributed by atoms with Crippen molar-refractivity contribution in [2.24, 2.45) is 0 Å². The lowest BCUT2D eigenvalue weighted by atomic mass is 9.91. The van der Waals surface area contributed by atoms with Crippen LogP contribution in [0.15, 0.2) is 42.5 Å². The van der Waals surface area contributed by atoms with Crippen molar-refractivity contribution in [3.05, 3.63) is 70.5 Å². The molecule has 0 aliphatic carbocycles. The maximum atomic E-state index is 13.6. The fourth-order valence-corrected chi connectivity index (χ4v) is 2.23. The molecule has 98 valence electrons. The molecule has 2 aromatic rings. The Hall–Kier alpha value is -1.96. The van der Waals surface area contributed by atoms with Gasteiger partial charge < -0.3 is 0 Å². The zero-order valence-electron chi connectivity index (χ0n) is 11.4. The Morgan fingerprint density at radius 1 is 1.05 bits per heavy atom. The fourth-order valence-electron chi connectivity index (χ4n) is 2.23. The largest absolute Gasteiger partial charge is 0.294 e. The Kier molecular flexibility index (Phi) is 3.79. The second kappa shape index (κ2) is 5.35. The minimum absolute atomic E-state index is 0.0254. The molecule has 0 bridgehead atoms. The molecule has 2 aromatic carbocycles. The van der Waals surface area contributed by atoms with Crippen molar-refractivity contribution in [1.82, 2.24) is 0 Å². The van der Waals surface area contributed by atoms with Gasteiger partial charge in [0.15, 0.2) is 5.78 Å². The molecule has 2 heteroatoms. The third-order valence-electron chi connectivity index (χ3n) is 3.41. The molecule has 0 saturated heterocycles. The lowest BCUT2D eigenvalue weighted by Gasteiger charge is -2.12. The highest BCUT2D eigenvalue weighted by atomic mass is 19.1. The van der Waals surface area contributed by atoms with Crippen molar-refractivity contribution in [2.75, 3.05) is 0 Å². The van der Waals surface area contributed by atoms with Crippen LogP contribution in [0.3, 0.4) is 0 Å². The topological polar surface area (TPSA) is 17.1 Å². The van der Waals surface area contributed by atoms with E-state index < -0.39 is 0 Å². The molecule has 0 aliphatic rings. The van der Waals surface area contributed by atoms with Crippen LogP contribution >= 0.6 is 0 Å². The van der Waals surface area contributed by atoms with Gasteiger partial charge in [-0.05, 0) is 42.7 Å². The van der Waals surface area contributed by atoms with Crippen molar-refractivity contribution in [2.45, 2.75) is 26.7 Å². The lowest BCUT2D eigenvalue weighted by molar-refractivity contribution is 0.0966. The van der Waals surface area contributed by atoms with E-state index in [1.165, 1.54) is 0 Å². The first-order chi connectivity index (χ1) is 9.00. The molecular formula is C17H17FO. The van der Waals surface area contributed by atoms with Crippen LogP contribution in [-0.2, 0) is 0 Å². The zero-order valence-corrected chi connectivity index (χ0v) is 11.4. The molecule has 0 saturated carbocycles. The SMILES string of the molecule is Cc1cc(C(=O)C(C)c2ccccc2)cc(C)c1F. The minimum atomic E-state index is -0.232. The number of hydrogen-bond donors (Lipinski definition) is 0. The van der Waals surface area contributed by atoms with Gasteiger partial charge in [-0.3, -0.25) is 4.79 Å². The summed E-state index contributed by atoms with van der Waals surface area (Å²) in [5, 5.41) is 0. The van der Waals surface area contributed by atoms with Crippen molar-refractivity contribution >= 4 is 5.78 Å². The summed E-state index contributed by atoms with van der Waals surface area (Å²) in [5.41, 5.74) is 2.59. The third kappa shape index (κ3) is 2.73. The van der Waals surface area contributed by atoms with E-state index in [0.29, 0.717) is 16.7 Å². The maximum Gasteiger partial charge on any atom is 0.170 e. The smallest absolute Gasteiger partial charge is 0.170 e. The highest BCUT2D eigenvalue weighted by Crippen LogP contribution is 2.23. The van der Waals surface area contributed by atoms with Crippen LogP contribution in [0.4, 0.5) is 4.39 Å². The molecule has 0 heterocycles. The summed E-state index contributed by atoms with van der Waals surface area (Å²) in [6, 6.07) is 12.9. The van der Waals surface area contributed by atoms with Gasteiger partial charge in [-0.15, -0.1) is 0 Å². The Labute approximate surface area is 113 Å². The van der Waals surface area contributed by atoms with Gasteiger partial charge in [0.05, 0.1) is 0 Å². The minimum Gasteiger partial charge on any atom is -0.294 e. The summed E-state index contributed by atoms with van der Waals surface area (Å²) in [6.07, 6.45) is 0. The van der Waals surface area contributed by atoms with Crippen molar-refractivity contribution in [3.8, 4) is 0 Å². The molecule has 0 aromatic heterocycles. The van der Waals surface area contributed by atoms with Gasteiger partial charge in [-0.2, -0.15) is 0 Å². The number of carbonyl (C=O) groups is 1. The normalized spacial score (nSPS) is 12.2. The predicted molar refractivity (Wildman–Crippen MR) is 75.1 cm³/mol. The second-order valence-corrected chi connectivity index (χ2v) is 4.92. The Morgan fingerprint density at radius 3 is 2.11 bits per heavy atom. The molecule has 0 N–H and O–H groups in total. The summed E-state index contributed by atoms with van der Waals surface area (Å²) in [4.78, 5) is 12.4. The lowest BCUT2D eigenvalue weighted by Crippen LogP contribution is -2.10. The average Bonchev–Trinajstić information content (AvgIpc) is 2.43. The number of Topliss-reactive ketones (excluding diaryl/α,β-unsaturated/α-hetero) is 1. The number of benzene rings is 2. The summed E-state index contributed by atoms with van der Waals surface area (Å²) in [5.74, 6) is -0.424. The molecule has 0 spiro atoms. The van der Waals surface area contributed by atoms with Gasteiger partial charge in [-0.1, -0.05) is 37.3 Å². The molecule has 19 heavy (non-hydrogen) atoms. The third-order valence-corrected chi connectivity index (χ3v) is 3.41. The van der Waals surface area contributed by atoms with E-state index >= 15 is 0 Å². The van der Waals surface area contributed by atoms with E-state index in [1.54, 1.807) is 26.0 Å².